The third-order valence-electron chi connectivity index (χ3n) is 4.90. The molecule has 1 aliphatic heterocycles. The number of aryl methyl sites for hydroxylation is 1. The van der Waals surface area contributed by atoms with E-state index in [2.05, 4.69) is 11.4 Å². The molecule has 166 valence electrons. The first-order chi connectivity index (χ1) is 16.0. The number of benzene rings is 3. The number of ether oxygens (including phenoxy) is 1. The van der Waals surface area contributed by atoms with Crippen LogP contribution in [0, 0.1) is 6.92 Å². The molecule has 1 fully saturated rings. The summed E-state index contributed by atoms with van der Waals surface area (Å²) in [6.45, 7) is 2.17. The van der Waals surface area contributed by atoms with E-state index >= 15 is 0 Å². The summed E-state index contributed by atoms with van der Waals surface area (Å²) >= 11 is 0.825. The Hall–Kier alpha value is -3.84. The molecule has 3 aromatic carbocycles. The van der Waals surface area contributed by atoms with E-state index in [0.717, 1.165) is 27.8 Å². The normalized spacial score (nSPS) is 14.6. The van der Waals surface area contributed by atoms with Gasteiger partial charge in [-0.2, -0.15) is 0 Å². The number of anilines is 1. The van der Waals surface area contributed by atoms with E-state index in [-0.39, 0.29) is 11.4 Å². The maximum absolute atomic E-state index is 12.7. The van der Waals surface area contributed by atoms with Crippen LogP contribution in [-0.2, 0) is 16.2 Å². The van der Waals surface area contributed by atoms with Gasteiger partial charge in [0.1, 0.15) is 18.9 Å². The van der Waals surface area contributed by atoms with Gasteiger partial charge in [0.2, 0.25) is 5.91 Å². The molecule has 1 saturated heterocycles. The average Bonchev–Trinajstić information content (AvgIpc) is 3.06. The first kappa shape index (κ1) is 22.4. The lowest BCUT2D eigenvalue weighted by Gasteiger charge is -2.12. The van der Waals surface area contributed by atoms with E-state index in [1.807, 2.05) is 55.5 Å². The zero-order valence-electron chi connectivity index (χ0n) is 18.0. The number of imide groups is 1. The Labute approximate surface area is 196 Å². The standard InChI is InChI=1S/C26H22N2O4S/c1-18-6-5-7-20(14-18)17-32-22-12-10-19(11-13-22)15-23-25(30)28(26(31)33-23)16-24(29)27-21-8-3-2-4-9-21/h2-15H,16-17H2,1H3,(H,27,29)/b23-15+. The summed E-state index contributed by atoms with van der Waals surface area (Å²) in [6.07, 6.45) is 1.64. The summed E-state index contributed by atoms with van der Waals surface area (Å²) in [7, 11) is 0. The number of para-hydroxylation sites is 1. The van der Waals surface area contributed by atoms with Gasteiger partial charge in [-0.1, -0.05) is 60.2 Å². The van der Waals surface area contributed by atoms with Crippen LogP contribution < -0.4 is 10.1 Å². The molecule has 1 aliphatic rings. The van der Waals surface area contributed by atoms with Crippen LogP contribution in [0.5, 0.6) is 5.75 Å². The monoisotopic (exact) mass is 458 g/mol. The number of carbonyl (C=O) groups excluding carboxylic acids is 3. The molecule has 0 spiro atoms. The molecule has 6 nitrogen and oxygen atoms in total. The van der Waals surface area contributed by atoms with Crippen molar-refractivity contribution in [3.8, 4) is 5.75 Å². The number of carbonyl (C=O) groups is 3. The Kier molecular flexibility index (Phi) is 6.90. The zero-order valence-corrected chi connectivity index (χ0v) is 18.8. The molecule has 0 unspecified atom stereocenters. The molecule has 0 atom stereocenters. The summed E-state index contributed by atoms with van der Waals surface area (Å²) in [5, 5.41) is 2.21. The quantitative estimate of drug-likeness (QED) is 0.490. The predicted octanol–water partition coefficient (Wildman–Crippen LogP) is 5.25. The SMILES string of the molecule is Cc1cccc(COc2ccc(/C=C3/SC(=O)N(CC(=O)Nc4ccccc4)C3=O)cc2)c1. The van der Waals surface area contributed by atoms with Crippen molar-refractivity contribution in [1.29, 1.82) is 0 Å². The number of nitrogens with zero attached hydrogens (tertiary/aromatic N) is 1. The van der Waals surface area contributed by atoms with Gasteiger partial charge < -0.3 is 10.1 Å². The van der Waals surface area contributed by atoms with Crippen molar-refractivity contribution in [3.63, 3.8) is 0 Å². The van der Waals surface area contributed by atoms with E-state index in [0.29, 0.717) is 18.0 Å². The third-order valence-corrected chi connectivity index (χ3v) is 5.81. The molecule has 4 rings (SSSR count). The lowest BCUT2D eigenvalue weighted by molar-refractivity contribution is -0.127. The second-order valence-corrected chi connectivity index (χ2v) is 8.52. The van der Waals surface area contributed by atoms with Crippen molar-refractivity contribution in [1.82, 2.24) is 4.90 Å². The molecule has 3 amide bonds. The van der Waals surface area contributed by atoms with Gasteiger partial charge >= 0.3 is 0 Å². The van der Waals surface area contributed by atoms with Gasteiger partial charge in [-0.15, -0.1) is 0 Å². The van der Waals surface area contributed by atoms with Crippen molar-refractivity contribution in [2.45, 2.75) is 13.5 Å². The highest BCUT2D eigenvalue weighted by atomic mass is 32.2. The molecule has 0 saturated carbocycles. The first-order valence-corrected chi connectivity index (χ1v) is 11.2. The first-order valence-electron chi connectivity index (χ1n) is 10.4. The van der Waals surface area contributed by atoms with E-state index in [4.69, 9.17) is 4.74 Å². The minimum Gasteiger partial charge on any atom is -0.489 e. The zero-order chi connectivity index (χ0) is 23.2. The number of nitrogens with one attached hydrogen (secondary N) is 1. The Morgan fingerprint density at radius 1 is 1.00 bits per heavy atom. The lowest BCUT2D eigenvalue weighted by atomic mass is 10.1. The average molecular weight is 459 g/mol. The van der Waals surface area contributed by atoms with Gasteiger partial charge in [0.25, 0.3) is 11.1 Å². The molecule has 0 aromatic heterocycles. The van der Waals surface area contributed by atoms with Gasteiger partial charge in [0, 0.05) is 5.69 Å². The predicted molar refractivity (Wildman–Crippen MR) is 130 cm³/mol. The number of hydrogen-bond donors (Lipinski definition) is 1. The number of rotatable bonds is 7. The highest BCUT2D eigenvalue weighted by Crippen LogP contribution is 2.32. The van der Waals surface area contributed by atoms with Gasteiger partial charge in [0.15, 0.2) is 0 Å². The van der Waals surface area contributed by atoms with E-state index < -0.39 is 17.1 Å². The molecular formula is C26H22N2O4S. The second-order valence-electron chi connectivity index (χ2n) is 7.53. The molecule has 0 radical (unpaired) electrons. The van der Waals surface area contributed by atoms with Gasteiger partial charge in [-0.3, -0.25) is 19.3 Å². The van der Waals surface area contributed by atoms with Crippen molar-refractivity contribution < 1.29 is 19.1 Å². The number of amides is 3. The lowest BCUT2D eigenvalue weighted by Crippen LogP contribution is -2.36. The fourth-order valence-corrected chi connectivity index (χ4v) is 4.12. The third kappa shape index (κ3) is 5.90. The Bertz CT molecular complexity index is 1210. The second kappa shape index (κ2) is 10.2. The summed E-state index contributed by atoms with van der Waals surface area (Å²) in [5.74, 6) is -0.202. The fraction of sp³-hybridized carbons (Fsp3) is 0.115. The molecule has 1 N–H and O–H groups in total. The van der Waals surface area contributed by atoms with Crippen LogP contribution >= 0.6 is 11.8 Å². The molecule has 3 aromatic rings. The van der Waals surface area contributed by atoms with Gasteiger partial charge in [-0.25, -0.2) is 0 Å². The summed E-state index contributed by atoms with van der Waals surface area (Å²) in [6, 6.07) is 24.3. The van der Waals surface area contributed by atoms with Crippen molar-refractivity contribution in [3.05, 3.63) is 100 Å². The highest BCUT2D eigenvalue weighted by molar-refractivity contribution is 8.18. The molecule has 0 aliphatic carbocycles. The molecule has 33 heavy (non-hydrogen) atoms. The maximum Gasteiger partial charge on any atom is 0.294 e. The molecular weight excluding hydrogens is 436 g/mol. The summed E-state index contributed by atoms with van der Waals surface area (Å²) in [5.41, 5.74) is 3.63. The van der Waals surface area contributed by atoms with Crippen molar-refractivity contribution in [2.75, 3.05) is 11.9 Å². The van der Waals surface area contributed by atoms with Crippen LogP contribution in [0.2, 0.25) is 0 Å². The van der Waals surface area contributed by atoms with Crippen LogP contribution in [0.25, 0.3) is 6.08 Å². The summed E-state index contributed by atoms with van der Waals surface area (Å²) < 4.78 is 5.82. The number of hydrogen-bond acceptors (Lipinski definition) is 5. The molecule has 1 heterocycles. The summed E-state index contributed by atoms with van der Waals surface area (Å²) in [4.78, 5) is 38.4. The van der Waals surface area contributed by atoms with E-state index in [1.54, 1.807) is 30.3 Å². The van der Waals surface area contributed by atoms with E-state index in [9.17, 15) is 14.4 Å². The molecule has 0 bridgehead atoms. The van der Waals surface area contributed by atoms with Gasteiger partial charge in [-0.05, 0) is 60.2 Å². The van der Waals surface area contributed by atoms with Crippen LogP contribution in [0.15, 0.2) is 83.8 Å². The van der Waals surface area contributed by atoms with E-state index in [1.165, 1.54) is 5.56 Å². The van der Waals surface area contributed by atoms with Crippen LogP contribution in [0.1, 0.15) is 16.7 Å². The Morgan fingerprint density at radius 3 is 2.48 bits per heavy atom. The largest absolute Gasteiger partial charge is 0.489 e. The minimum atomic E-state index is -0.479. The molecule has 7 heteroatoms. The van der Waals surface area contributed by atoms with Crippen molar-refractivity contribution >= 4 is 40.6 Å². The Morgan fingerprint density at radius 2 is 1.76 bits per heavy atom. The van der Waals surface area contributed by atoms with Gasteiger partial charge in [0.05, 0.1) is 4.91 Å². The highest BCUT2D eigenvalue weighted by Gasteiger charge is 2.36. The fourth-order valence-electron chi connectivity index (χ4n) is 3.28. The Balaban J connectivity index is 1.36. The van der Waals surface area contributed by atoms with Crippen molar-refractivity contribution in [2.24, 2.45) is 0 Å². The number of thioether (sulfide) groups is 1. The van der Waals surface area contributed by atoms with Crippen LogP contribution in [0.3, 0.4) is 0 Å². The topological polar surface area (TPSA) is 75.7 Å². The van der Waals surface area contributed by atoms with Crippen LogP contribution in [0.4, 0.5) is 10.5 Å². The minimum absolute atomic E-state index is 0.279. The van der Waals surface area contributed by atoms with Crippen LogP contribution in [-0.4, -0.2) is 28.5 Å². The smallest absolute Gasteiger partial charge is 0.294 e. The maximum atomic E-state index is 12.7.